The van der Waals surface area contributed by atoms with Crippen LogP contribution in [0.4, 0.5) is 0 Å². The minimum atomic E-state index is -0.121. The van der Waals surface area contributed by atoms with Crippen LogP contribution in [-0.2, 0) is 11.2 Å². The summed E-state index contributed by atoms with van der Waals surface area (Å²) in [6, 6.07) is 6.16. The van der Waals surface area contributed by atoms with Gasteiger partial charge in [-0.15, -0.1) is 0 Å². The number of carbonyl (C=O) groups is 1. The number of aryl methyl sites for hydroxylation is 1. The van der Waals surface area contributed by atoms with Gasteiger partial charge in [0.25, 0.3) is 0 Å². The van der Waals surface area contributed by atoms with Crippen LogP contribution in [0, 0.1) is 18.8 Å². The van der Waals surface area contributed by atoms with E-state index in [4.69, 9.17) is 4.74 Å². The van der Waals surface area contributed by atoms with Crippen LogP contribution in [0.3, 0.4) is 0 Å². The van der Waals surface area contributed by atoms with Gasteiger partial charge in [-0.1, -0.05) is 56.7 Å². The van der Waals surface area contributed by atoms with Crippen molar-refractivity contribution in [2.75, 3.05) is 0 Å². The lowest BCUT2D eigenvalue weighted by atomic mass is 9.78. The molecule has 3 rings (SSSR count). The van der Waals surface area contributed by atoms with Crippen LogP contribution < -0.4 is 0 Å². The second-order valence-electron chi connectivity index (χ2n) is 7.26. The fraction of sp³-hybridized carbons (Fsp3) is 0.650. The summed E-state index contributed by atoms with van der Waals surface area (Å²) in [6.07, 6.45) is 10.1. The molecule has 0 aromatic heterocycles. The van der Waals surface area contributed by atoms with Crippen molar-refractivity contribution in [3.63, 3.8) is 0 Å². The van der Waals surface area contributed by atoms with E-state index >= 15 is 0 Å². The third kappa shape index (κ3) is 3.53. The van der Waals surface area contributed by atoms with Crippen molar-refractivity contribution in [1.29, 1.82) is 0 Å². The lowest BCUT2D eigenvalue weighted by Gasteiger charge is -2.30. The van der Waals surface area contributed by atoms with Crippen LogP contribution in [0.5, 0.6) is 0 Å². The highest BCUT2D eigenvalue weighted by Gasteiger charge is 2.27. The number of esters is 1. The van der Waals surface area contributed by atoms with Gasteiger partial charge < -0.3 is 4.74 Å². The van der Waals surface area contributed by atoms with Crippen LogP contribution in [0.2, 0.25) is 0 Å². The Morgan fingerprint density at radius 3 is 2.55 bits per heavy atom. The zero-order valence-electron chi connectivity index (χ0n) is 13.9. The van der Waals surface area contributed by atoms with Crippen LogP contribution >= 0.6 is 0 Å². The molecule has 22 heavy (non-hydrogen) atoms. The predicted octanol–water partition coefficient (Wildman–Crippen LogP) is 5.07. The number of cyclic esters (lactones) is 1. The van der Waals surface area contributed by atoms with Crippen molar-refractivity contribution in [3.05, 3.63) is 34.9 Å². The molecule has 0 bridgehead atoms. The molecule has 0 saturated heterocycles. The first-order valence-electron chi connectivity index (χ1n) is 8.96. The standard InChI is InChI=1S/C20H28O2/c1-3-15-5-7-16(8-6-15)9-11-18-13-17-10-4-14(2)12-19(17)20(21)22-18/h4,10,12,15-16,18H,3,5-9,11,13H2,1-2H3. The van der Waals surface area contributed by atoms with E-state index < -0.39 is 0 Å². The van der Waals surface area contributed by atoms with E-state index in [0.29, 0.717) is 0 Å². The number of hydrogen-bond acceptors (Lipinski definition) is 2. The van der Waals surface area contributed by atoms with Gasteiger partial charge in [0, 0.05) is 6.42 Å². The summed E-state index contributed by atoms with van der Waals surface area (Å²) in [5, 5.41) is 0. The van der Waals surface area contributed by atoms with Crippen molar-refractivity contribution < 1.29 is 9.53 Å². The Morgan fingerprint density at radius 2 is 1.82 bits per heavy atom. The third-order valence-electron chi connectivity index (χ3n) is 5.65. The molecule has 1 aromatic carbocycles. The molecule has 2 aliphatic rings. The van der Waals surface area contributed by atoms with E-state index in [2.05, 4.69) is 19.1 Å². The van der Waals surface area contributed by atoms with E-state index in [0.717, 1.165) is 35.8 Å². The highest BCUT2D eigenvalue weighted by Crippen LogP contribution is 2.34. The molecule has 0 N–H and O–H groups in total. The number of carbonyl (C=O) groups excluding carboxylic acids is 1. The van der Waals surface area contributed by atoms with Crippen molar-refractivity contribution in [3.8, 4) is 0 Å². The van der Waals surface area contributed by atoms with Crippen molar-refractivity contribution in [2.45, 2.75) is 71.3 Å². The maximum absolute atomic E-state index is 12.2. The lowest BCUT2D eigenvalue weighted by molar-refractivity contribution is 0.0216. The second-order valence-corrected chi connectivity index (χ2v) is 7.26. The van der Waals surface area contributed by atoms with E-state index in [1.807, 2.05) is 13.0 Å². The normalized spacial score (nSPS) is 28.1. The van der Waals surface area contributed by atoms with Crippen molar-refractivity contribution in [2.24, 2.45) is 11.8 Å². The number of fused-ring (bicyclic) bond motifs is 1. The van der Waals surface area contributed by atoms with E-state index in [9.17, 15) is 4.79 Å². The average Bonchev–Trinajstić information content (AvgIpc) is 2.54. The fourth-order valence-electron chi connectivity index (χ4n) is 4.07. The fourth-order valence-corrected chi connectivity index (χ4v) is 4.07. The maximum atomic E-state index is 12.2. The monoisotopic (exact) mass is 300 g/mol. The predicted molar refractivity (Wildman–Crippen MR) is 89.1 cm³/mol. The molecule has 1 unspecified atom stereocenters. The Hall–Kier alpha value is -1.31. The van der Waals surface area contributed by atoms with Crippen LogP contribution in [-0.4, -0.2) is 12.1 Å². The molecule has 1 atom stereocenters. The van der Waals surface area contributed by atoms with E-state index in [-0.39, 0.29) is 12.1 Å². The smallest absolute Gasteiger partial charge is 0.338 e. The Labute approximate surface area is 134 Å². The summed E-state index contributed by atoms with van der Waals surface area (Å²) < 4.78 is 5.66. The molecule has 1 aromatic rings. The van der Waals surface area contributed by atoms with Gasteiger partial charge in [-0.2, -0.15) is 0 Å². The maximum Gasteiger partial charge on any atom is 0.338 e. The molecule has 120 valence electrons. The lowest BCUT2D eigenvalue weighted by Crippen LogP contribution is -2.28. The zero-order chi connectivity index (χ0) is 15.5. The number of benzene rings is 1. The van der Waals surface area contributed by atoms with Crippen LogP contribution in [0.1, 0.15) is 73.4 Å². The summed E-state index contributed by atoms with van der Waals surface area (Å²) in [4.78, 5) is 12.2. The number of rotatable bonds is 4. The second kappa shape index (κ2) is 6.85. The van der Waals surface area contributed by atoms with E-state index in [1.54, 1.807) is 0 Å². The highest BCUT2D eigenvalue weighted by molar-refractivity contribution is 5.92. The van der Waals surface area contributed by atoms with Gasteiger partial charge in [0.2, 0.25) is 0 Å². The Balaban J connectivity index is 1.52. The molecular weight excluding hydrogens is 272 g/mol. The van der Waals surface area contributed by atoms with Crippen molar-refractivity contribution in [1.82, 2.24) is 0 Å². The molecule has 1 heterocycles. The molecule has 1 fully saturated rings. The molecular formula is C20H28O2. The van der Waals surface area contributed by atoms with Gasteiger partial charge in [-0.05, 0) is 43.2 Å². The SMILES string of the molecule is CCC1CCC(CCC2Cc3ccc(C)cc3C(=O)O2)CC1. The average molecular weight is 300 g/mol. The first-order valence-corrected chi connectivity index (χ1v) is 8.96. The van der Waals surface area contributed by atoms with Gasteiger partial charge in [-0.25, -0.2) is 4.79 Å². The van der Waals surface area contributed by atoms with E-state index in [1.165, 1.54) is 44.1 Å². The summed E-state index contributed by atoms with van der Waals surface area (Å²) in [6.45, 7) is 4.33. The van der Waals surface area contributed by atoms with Gasteiger partial charge >= 0.3 is 5.97 Å². The van der Waals surface area contributed by atoms with Gasteiger partial charge in [0.15, 0.2) is 0 Å². The summed E-state index contributed by atoms with van der Waals surface area (Å²) in [5.74, 6) is 1.68. The molecule has 1 saturated carbocycles. The Morgan fingerprint density at radius 1 is 1.09 bits per heavy atom. The number of hydrogen-bond donors (Lipinski definition) is 0. The minimum Gasteiger partial charge on any atom is -0.458 e. The van der Waals surface area contributed by atoms with Crippen LogP contribution in [0.15, 0.2) is 18.2 Å². The Kier molecular flexibility index (Phi) is 4.85. The summed E-state index contributed by atoms with van der Waals surface area (Å²) in [7, 11) is 0. The molecule has 2 heteroatoms. The molecule has 1 aliphatic heterocycles. The quantitative estimate of drug-likeness (QED) is 0.725. The van der Waals surface area contributed by atoms with Gasteiger partial charge in [0.1, 0.15) is 6.10 Å². The molecule has 1 aliphatic carbocycles. The molecule has 2 nitrogen and oxygen atoms in total. The Bertz CT molecular complexity index is 527. The third-order valence-corrected chi connectivity index (χ3v) is 5.65. The first kappa shape index (κ1) is 15.6. The summed E-state index contributed by atoms with van der Waals surface area (Å²) >= 11 is 0. The van der Waals surface area contributed by atoms with Gasteiger partial charge in [0.05, 0.1) is 5.56 Å². The van der Waals surface area contributed by atoms with Gasteiger partial charge in [-0.3, -0.25) is 0 Å². The largest absolute Gasteiger partial charge is 0.458 e. The molecule has 0 spiro atoms. The van der Waals surface area contributed by atoms with Crippen molar-refractivity contribution >= 4 is 5.97 Å². The highest BCUT2D eigenvalue weighted by atomic mass is 16.5. The first-order chi connectivity index (χ1) is 10.7. The minimum absolute atomic E-state index is 0.0894. The topological polar surface area (TPSA) is 26.3 Å². The number of ether oxygens (including phenoxy) is 1. The zero-order valence-corrected chi connectivity index (χ0v) is 13.9. The molecule has 0 amide bonds. The summed E-state index contributed by atoms with van der Waals surface area (Å²) in [5.41, 5.74) is 3.07. The van der Waals surface area contributed by atoms with Crippen LogP contribution in [0.25, 0.3) is 0 Å². The molecule has 0 radical (unpaired) electrons.